The molecule has 0 radical (unpaired) electrons. The van der Waals surface area contributed by atoms with Gasteiger partial charge in [-0.25, -0.2) is 4.98 Å². The molecule has 2 aromatic rings. The summed E-state index contributed by atoms with van der Waals surface area (Å²) in [5, 5.41) is 0. The number of unbranched alkanes of at least 4 members (excludes halogenated alkanes) is 2. The molecule has 7 heteroatoms. The number of hydrogen-bond donors (Lipinski definition) is 2. The lowest BCUT2D eigenvalue weighted by Crippen LogP contribution is -2.05. The minimum Gasteiger partial charge on any atom is -0.493 e. The molecule has 0 aliphatic carbocycles. The van der Waals surface area contributed by atoms with Gasteiger partial charge in [0.25, 0.3) is 0 Å². The summed E-state index contributed by atoms with van der Waals surface area (Å²) >= 11 is 0. The first-order valence-corrected chi connectivity index (χ1v) is 10.3. The zero-order chi connectivity index (χ0) is 21.1. The number of carbonyl (C=O) groups is 1. The second-order valence-electron chi connectivity index (χ2n) is 6.97. The highest BCUT2D eigenvalue weighted by molar-refractivity contribution is 5.69. The average molecular weight is 401 g/mol. The highest BCUT2D eigenvalue weighted by atomic mass is 16.5. The predicted octanol–water partition coefficient (Wildman–Crippen LogP) is 3.69. The summed E-state index contributed by atoms with van der Waals surface area (Å²) in [6, 6.07) is 6.23. The van der Waals surface area contributed by atoms with Gasteiger partial charge in [-0.3, -0.25) is 4.79 Å². The number of carbonyl (C=O) groups excluding carboxylic acids is 1. The molecule has 158 valence electrons. The average Bonchev–Trinajstić information content (AvgIpc) is 2.68. The van der Waals surface area contributed by atoms with Crippen LogP contribution < -0.4 is 16.2 Å². The van der Waals surface area contributed by atoms with E-state index in [0.29, 0.717) is 31.9 Å². The van der Waals surface area contributed by atoms with Gasteiger partial charge in [0.1, 0.15) is 11.6 Å². The van der Waals surface area contributed by atoms with Crippen LogP contribution in [0.3, 0.4) is 0 Å². The first-order valence-electron chi connectivity index (χ1n) is 10.3. The van der Waals surface area contributed by atoms with E-state index in [1.807, 2.05) is 19.1 Å². The Kier molecular flexibility index (Phi) is 9.21. The molecular formula is C22H32N4O3. The van der Waals surface area contributed by atoms with Gasteiger partial charge in [0.2, 0.25) is 5.95 Å². The topological polar surface area (TPSA) is 113 Å². The van der Waals surface area contributed by atoms with Crippen molar-refractivity contribution < 1.29 is 14.3 Å². The van der Waals surface area contributed by atoms with Crippen LogP contribution in [0.4, 0.5) is 11.8 Å². The predicted molar refractivity (Wildman–Crippen MR) is 115 cm³/mol. The molecule has 0 unspecified atom stereocenters. The Morgan fingerprint density at radius 1 is 1.10 bits per heavy atom. The van der Waals surface area contributed by atoms with Crippen molar-refractivity contribution >= 4 is 17.7 Å². The van der Waals surface area contributed by atoms with E-state index in [9.17, 15) is 4.79 Å². The maximum atomic E-state index is 11.3. The van der Waals surface area contributed by atoms with Gasteiger partial charge >= 0.3 is 5.97 Å². The lowest BCUT2D eigenvalue weighted by molar-refractivity contribution is -0.143. The molecule has 0 fully saturated rings. The van der Waals surface area contributed by atoms with Gasteiger partial charge < -0.3 is 20.9 Å². The van der Waals surface area contributed by atoms with Gasteiger partial charge in [-0.15, -0.1) is 0 Å². The molecule has 1 aromatic heterocycles. The minimum absolute atomic E-state index is 0.124. The highest BCUT2D eigenvalue weighted by Gasteiger charge is 2.09. The lowest BCUT2D eigenvalue weighted by atomic mass is 10.0. The summed E-state index contributed by atoms with van der Waals surface area (Å²) in [7, 11) is 0. The number of nitrogens with two attached hydrogens (primary N) is 2. The van der Waals surface area contributed by atoms with Crippen LogP contribution in [-0.4, -0.2) is 29.2 Å². The van der Waals surface area contributed by atoms with Crippen molar-refractivity contribution in [3.8, 4) is 5.75 Å². The number of rotatable bonds is 12. The Hall–Kier alpha value is -2.83. The summed E-state index contributed by atoms with van der Waals surface area (Å²) < 4.78 is 10.9. The molecule has 0 amide bonds. The van der Waals surface area contributed by atoms with E-state index in [0.717, 1.165) is 49.0 Å². The molecule has 29 heavy (non-hydrogen) atoms. The SMILES string of the molecule is CCCc1cc(Cc2cnc(N)nc2N)ccc1OCCCCCC(=O)OCC. The number of nitrogens with zero attached hydrogens (tertiary/aromatic N) is 2. The molecule has 0 saturated heterocycles. The van der Waals surface area contributed by atoms with E-state index in [4.69, 9.17) is 20.9 Å². The number of hydrogen-bond acceptors (Lipinski definition) is 7. The largest absolute Gasteiger partial charge is 0.493 e. The standard InChI is InChI=1S/C22H32N4O3/c1-3-8-17-13-16(14-18-15-25-22(24)26-21(18)23)10-11-19(17)29-12-7-5-6-9-20(27)28-4-2/h10-11,13,15H,3-9,12,14H2,1-2H3,(H4,23,24,25,26). The molecule has 0 aliphatic heterocycles. The molecule has 0 aliphatic rings. The van der Waals surface area contributed by atoms with Crippen LogP contribution in [0.25, 0.3) is 0 Å². The molecule has 4 N–H and O–H groups in total. The van der Waals surface area contributed by atoms with E-state index >= 15 is 0 Å². The molecule has 0 atom stereocenters. The van der Waals surface area contributed by atoms with Gasteiger partial charge in [0.15, 0.2) is 0 Å². The van der Waals surface area contributed by atoms with Crippen LogP contribution >= 0.6 is 0 Å². The summed E-state index contributed by atoms with van der Waals surface area (Å²) in [6.45, 7) is 5.05. The highest BCUT2D eigenvalue weighted by Crippen LogP contribution is 2.24. The first kappa shape index (κ1) is 22.5. The van der Waals surface area contributed by atoms with Gasteiger partial charge in [0.05, 0.1) is 13.2 Å². The molecule has 1 heterocycles. The molecule has 2 rings (SSSR count). The lowest BCUT2D eigenvalue weighted by Gasteiger charge is -2.13. The zero-order valence-corrected chi connectivity index (χ0v) is 17.4. The summed E-state index contributed by atoms with van der Waals surface area (Å²) in [4.78, 5) is 19.4. The van der Waals surface area contributed by atoms with E-state index in [1.54, 1.807) is 6.20 Å². The number of benzene rings is 1. The van der Waals surface area contributed by atoms with Crippen LogP contribution in [-0.2, 0) is 22.4 Å². The Bertz CT molecular complexity index is 796. The fourth-order valence-electron chi connectivity index (χ4n) is 3.10. The Morgan fingerprint density at radius 3 is 2.66 bits per heavy atom. The smallest absolute Gasteiger partial charge is 0.305 e. The van der Waals surface area contributed by atoms with E-state index < -0.39 is 0 Å². The van der Waals surface area contributed by atoms with Crippen molar-refractivity contribution in [1.29, 1.82) is 0 Å². The monoisotopic (exact) mass is 400 g/mol. The number of anilines is 2. The van der Waals surface area contributed by atoms with E-state index in [1.165, 1.54) is 5.56 Å². The normalized spacial score (nSPS) is 10.7. The zero-order valence-electron chi connectivity index (χ0n) is 17.4. The third kappa shape index (κ3) is 7.60. The van der Waals surface area contributed by atoms with Crippen LogP contribution in [0, 0.1) is 0 Å². The fourth-order valence-corrected chi connectivity index (χ4v) is 3.10. The van der Waals surface area contributed by atoms with Crippen LogP contribution in [0.5, 0.6) is 5.75 Å². The van der Waals surface area contributed by atoms with Crippen LogP contribution in [0.1, 0.15) is 62.6 Å². The van der Waals surface area contributed by atoms with Crippen molar-refractivity contribution in [2.24, 2.45) is 0 Å². The van der Waals surface area contributed by atoms with Gasteiger partial charge in [0, 0.05) is 24.6 Å². The van der Waals surface area contributed by atoms with Crippen molar-refractivity contribution in [1.82, 2.24) is 9.97 Å². The summed E-state index contributed by atoms with van der Waals surface area (Å²) in [5.74, 6) is 1.39. The van der Waals surface area contributed by atoms with E-state index in [2.05, 4.69) is 23.0 Å². The third-order valence-corrected chi connectivity index (χ3v) is 4.54. The maximum Gasteiger partial charge on any atom is 0.305 e. The van der Waals surface area contributed by atoms with Crippen LogP contribution in [0.2, 0.25) is 0 Å². The van der Waals surface area contributed by atoms with Crippen molar-refractivity contribution in [2.45, 2.75) is 58.8 Å². The van der Waals surface area contributed by atoms with Crippen molar-refractivity contribution in [2.75, 3.05) is 24.7 Å². The van der Waals surface area contributed by atoms with E-state index in [-0.39, 0.29) is 11.9 Å². The molecule has 7 nitrogen and oxygen atoms in total. The summed E-state index contributed by atoms with van der Waals surface area (Å²) in [5.41, 5.74) is 14.7. The Labute approximate surface area is 172 Å². The molecular weight excluding hydrogens is 368 g/mol. The van der Waals surface area contributed by atoms with Gasteiger partial charge in [-0.1, -0.05) is 25.5 Å². The Balaban J connectivity index is 1.89. The van der Waals surface area contributed by atoms with Gasteiger partial charge in [-0.2, -0.15) is 4.98 Å². The maximum absolute atomic E-state index is 11.3. The van der Waals surface area contributed by atoms with Crippen LogP contribution in [0.15, 0.2) is 24.4 Å². The van der Waals surface area contributed by atoms with Crippen molar-refractivity contribution in [3.05, 3.63) is 41.1 Å². The number of aromatic nitrogens is 2. The first-order chi connectivity index (χ1) is 14.0. The second kappa shape index (κ2) is 11.9. The number of nitrogen functional groups attached to an aromatic ring is 2. The molecule has 1 aromatic carbocycles. The minimum atomic E-state index is -0.124. The number of aryl methyl sites for hydroxylation is 1. The Morgan fingerprint density at radius 2 is 1.93 bits per heavy atom. The summed E-state index contributed by atoms with van der Waals surface area (Å²) in [6.07, 6.45) is 7.46. The second-order valence-corrected chi connectivity index (χ2v) is 6.97. The number of ether oxygens (including phenoxy) is 2. The molecule has 0 spiro atoms. The third-order valence-electron chi connectivity index (χ3n) is 4.54. The number of esters is 1. The molecule has 0 saturated carbocycles. The quantitative estimate of drug-likeness (QED) is 0.412. The molecule has 0 bridgehead atoms. The van der Waals surface area contributed by atoms with Crippen molar-refractivity contribution in [3.63, 3.8) is 0 Å². The van der Waals surface area contributed by atoms with Gasteiger partial charge in [-0.05, 0) is 49.8 Å². The fraction of sp³-hybridized carbons (Fsp3) is 0.500.